The zero-order valence-electron chi connectivity index (χ0n) is 15.6. The first-order valence-electron chi connectivity index (χ1n) is 9.15. The first kappa shape index (κ1) is 17.0. The molecule has 29 heavy (non-hydrogen) atoms. The number of pyridine rings is 2. The zero-order valence-corrected chi connectivity index (χ0v) is 15.6. The zero-order chi connectivity index (χ0) is 20.1. The summed E-state index contributed by atoms with van der Waals surface area (Å²) in [7, 11) is 0. The van der Waals surface area contributed by atoms with Crippen LogP contribution in [-0.2, 0) is 0 Å². The molecule has 4 aromatic rings. The van der Waals surface area contributed by atoms with Gasteiger partial charge in [0.1, 0.15) is 17.2 Å². The standard InChI is InChI=1S/C23H16N4O2/c1-12-4-7-18-14(9-12)10-16(23(28)27-18)19-15-6-5-13-3-2-8-26-20(13)21(15)29-22(25)17(19)11-24/h2-10,19H,25H2,1H3,(H,27,28)/t19-/m1/s1. The van der Waals surface area contributed by atoms with Crippen molar-refractivity contribution in [3.05, 3.63) is 93.2 Å². The van der Waals surface area contributed by atoms with Gasteiger partial charge in [0.25, 0.3) is 5.56 Å². The Labute approximate surface area is 165 Å². The second-order valence-electron chi connectivity index (χ2n) is 7.13. The van der Waals surface area contributed by atoms with Gasteiger partial charge in [0.2, 0.25) is 5.88 Å². The summed E-state index contributed by atoms with van der Waals surface area (Å²) in [4.78, 5) is 20.3. The summed E-state index contributed by atoms with van der Waals surface area (Å²) in [5.74, 6) is -0.163. The number of allylic oxidation sites excluding steroid dienone is 1. The predicted octanol–water partition coefficient (Wildman–Crippen LogP) is 3.60. The number of nitriles is 1. The van der Waals surface area contributed by atoms with Crippen LogP contribution in [0, 0.1) is 18.3 Å². The van der Waals surface area contributed by atoms with Gasteiger partial charge in [-0.3, -0.25) is 9.78 Å². The molecule has 1 aliphatic rings. The molecule has 0 amide bonds. The highest BCUT2D eigenvalue weighted by atomic mass is 16.5. The summed E-state index contributed by atoms with van der Waals surface area (Å²) in [6, 6.07) is 17.3. The minimum absolute atomic E-state index is 0.00751. The topological polar surface area (TPSA) is 105 Å². The summed E-state index contributed by atoms with van der Waals surface area (Å²) >= 11 is 0. The van der Waals surface area contributed by atoms with E-state index in [1.807, 2.05) is 55.5 Å². The maximum atomic E-state index is 13.0. The Bertz CT molecular complexity index is 1440. The second-order valence-corrected chi connectivity index (χ2v) is 7.13. The highest BCUT2D eigenvalue weighted by Gasteiger charge is 2.33. The van der Waals surface area contributed by atoms with Gasteiger partial charge in [0.15, 0.2) is 5.75 Å². The third kappa shape index (κ3) is 2.56. The number of ether oxygens (including phenoxy) is 1. The molecule has 0 fully saturated rings. The van der Waals surface area contributed by atoms with Crippen LogP contribution in [0.1, 0.15) is 22.6 Å². The highest BCUT2D eigenvalue weighted by molar-refractivity contribution is 5.87. The molecule has 6 nitrogen and oxygen atoms in total. The lowest BCUT2D eigenvalue weighted by atomic mass is 9.83. The molecule has 3 N–H and O–H groups in total. The Morgan fingerprint density at radius 3 is 2.83 bits per heavy atom. The molecule has 0 radical (unpaired) electrons. The number of hydrogen-bond acceptors (Lipinski definition) is 5. The number of benzene rings is 2. The Morgan fingerprint density at radius 1 is 1.14 bits per heavy atom. The molecule has 1 aliphatic heterocycles. The number of aromatic amines is 1. The van der Waals surface area contributed by atoms with Crippen LogP contribution in [0.25, 0.3) is 21.8 Å². The Morgan fingerprint density at radius 2 is 2.00 bits per heavy atom. The fourth-order valence-electron chi connectivity index (χ4n) is 3.93. The van der Waals surface area contributed by atoms with Crippen LogP contribution >= 0.6 is 0 Å². The molecule has 140 valence electrons. The lowest BCUT2D eigenvalue weighted by molar-refractivity contribution is 0.397. The van der Waals surface area contributed by atoms with E-state index in [0.29, 0.717) is 22.4 Å². The summed E-state index contributed by atoms with van der Waals surface area (Å²) < 4.78 is 5.81. The number of hydrogen-bond donors (Lipinski definition) is 2. The number of nitrogens with one attached hydrogen (secondary N) is 1. The van der Waals surface area contributed by atoms with E-state index in [-0.39, 0.29) is 17.0 Å². The molecule has 3 heterocycles. The molecule has 6 heteroatoms. The minimum atomic E-state index is -0.635. The molecule has 0 unspecified atom stereocenters. The van der Waals surface area contributed by atoms with Crippen molar-refractivity contribution in [1.29, 1.82) is 5.26 Å². The number of H-pyrrole nitrogens is 1. The molecule has 2 aromatic heterocycles. The smallest absolute Gasteiger partial charge is 0.252 e. The van der Waals surface area contributed by atoms with E-state index in [2.05, 4.69) is 16.0 Å². The molecule has 0 aliphatic carbocycles. The number of fused-ring (bicyclic) bond motifs is 4. The molecular weight excluding hydrogens is 364 g/mol. The average molecular weight is 380 g/mol. The van der Waals surface area contributed by atoms with E-state index in [0.717, 1.165) is 21.9 Å². The highest BCUT2D eigenvalue weighted by Crippen LogP contribution is 2.44. The quantitative estimate of drug-likeness (QED) is 0.525. The predicted molar refractivity (Wildman–Crippen MR) is 110 cm³/mol. The number of nitrogens with zero attached hydrogens (tertiary/aromatic N) is 2. The molecule has 0 spiro atoms. The van der Waals surface area contributed by atoms with Crippen molar-refractivity contribution in [3.8, 4) is 11.8 Å². The van der Waals surface area contributed by atoms with E-state index < -0.39 is 5.92 Å². The van der Waals surface area contributed by atoms with Crippen molar-refractivity contribution < 1.29 is 4.74 Å². The van der Waals surface area contributed by atoms with Crippen LogP contribution in [0.5, 0.6) is 5.75 Å². The van der Waals surface area contributed by atoms with Crippen molar-refractivity contribution >= 4 is 21.8 Å². The van der Waals surface area contributed by atoms with E-state index in [9.17, 15) is 10.1 Å². The van der Waals surface area contributed by atoms with Crippen LogP contribution in [0.15, 0.2) is 71.0 Å². The first-order chi connectivity index (χ1) is 14.1. The van der Waals surface area contributed by atoms with Crippen LogP contribution in [0.2, 0.25) is 0 Å². The van der Waals surface area contributed by atoms with Gasteiger partial charge in [0.05, 0.1) is 5.92 Å². The molecular formula is C23H16N4O2. The van der Waals surface area contributed by atoms with Gasteiger partial charge in [-0.1, -0.05) is 29.8 Å². The largest absolute Gasteiger partial charge is 0.438 e. The molecule has 1 atom stereocenters. The Hall–Kier alpha value is -4.11. The van der Waals surface area contributed by atoms with Crippen LogP contribution in [0.4, 0.5) is 0 Å². The molecule has 5 rings (SSSR count). The van der Waals surface area contributed by atoms with Gasteiger partial charge >= 0.3 is 0 Å². The molecule has 0 saturated heterocycles. The third-order valence-electron chi connectivity index (χ3n) is 5.30. The van der Waals surface area contributed by atoms with Gasteiger partial charge in [-0.05, 0) is 36.6 Å². The third-order valence-corrected chi connectivity index (χ3v) is 5.30. The van der Waals surface area contributed by atoms with Gasteiger partial charge in [-0.15, -0.1) is 0 Å². The fraction of sp³-hybridized carbons (Fsp3) is 0.0870. The van der Waals surface area contributed by atoms with E-state index in [4.69, 9.17) is 10.5 Å². The van der Waals surface area contributed by atoms with Gasteiger partial charge in [-0.2, -0.15) is 5.26 Å². The summed E-state index contributed by atoms with van der Waals surface area (Å²) in [6.45, 7) is 1.99. The monoisotopic (exact) mass is 380 g/mol. The van der Waals surface area contributed by atoms with Crippen molar-refractivity contribution in [2.75, 3.05) is 0 Å². The number of aryl methyl sites for hydroxylation is 1. The van der Waals surface area contributed by atoms with E-state index >= 15 is 0 Å². The molecule has 0 bridgehead atoms. The summed E-state index contributed by atoms with van der Waals surface area (Å²) in [5.41, 5.74) is 9.66. The maximum absolute atomic E-state index is 13.0. The molecule has 0 saturated carbocycles. The lowest BCUT2D eigenvalue weighted by Crippen LogP contribution is -2.25. The fourth-order valence-corrected chi connectivity index (χ4v) is 3.93. The van der Waals surface area contributed by atoms with Gasteiger partial charge < -0.3 is 15.5 Å². The molecule has 2 aromatic carbocycles. The second kappa shape index (κ2) is 6.21. The van der Waals surface area contributed by atoms with Crippen LogP contribution in [0.3, 0.4) is 0 Å². The minimum Gasteiger partial charge on any atom is -0.438 e. The lowest BCUT2D eigenvalue weighted by Gasteiger charge is -2.26. The Kier molecular flexibility index (Phi) is 3.65. The Balaban J connectivity index is 1.84. The number of nitrogens with two attached hydrogens (primary N) is 1. The van der Waals surface area contributed by atoms with Crippen molar-refractivity contribution in [2.24, 2.45) is 5.73 Å². The summed E-state index contributed by atoms with van der Waals surface area (Å²) in [5, 5.41) is 11.6. The van der Waals surface area contributed by atoms with Gasteiger partial charge in [-0.25, -0.2) is 0 Å². The maximum Gasteiger partial charge on any atom is 0.252 e. The number of aromatic nitrogens is 2. The van der Waals surface area contributed by atoms with E-state index in [1.54, 1.807) is 6.20 Å². The summed E-state index contributed by atoms with van der Waals surface area (Å²) in [6.07, 6.45) is 1.67. The average Bonchev–Trinajstić information content (AvgIpc) is 2.72. The van der Waals surface area contributed by atoms with Crippen molar-refractivity contribution in [2.45, 2.75) is 12.8 Å². The normalized spacial score (nSPS) is 15.8. The van der Waals surface area contributed by atoms with Crippen LogP contribution in [-0.4, -0.2) is 9.97 Å². The van der Waals surface area contributed by atoms with E-state index in [1.165, 1.54) is 0 Å². The van der Waals surface area contributed by atoms with Crippen molar-refractivity contribution in [3.63, 3.8) is 0 Å². The van der Waals surface area contributed by atoms with Gasteiger partial charge in [0, 0.05) is 28.2 Å². The van der Waals surface area contributed by atoms with Crippen molar-refractivity contribution in [1.82, 2.24) is 9.97 Å². The number of rotatable bonds is 1. The SMILES string of the molecule is Cc1ccc2[nH]c(=O)c([C@@H]3C(C#N)=C(N)Oc4c3ccc3cccnc43)cc2c1. The van der Waals surface area contributed by atoms with Crippen LogP contribution < -0.4 is 16.0 Å². The first-order valence-corrected chi connectivity index (χ1v) is 9.15.